The molecule has 4 nitrogen and oxygen atoms in total. The molecule has 1 N–H and O–H groups in total. The number of thioether (sulfide) groups is 1. The molecule has 2 amide bonds. The van der Waals surface area contributed by atoms with Gasteiger partial charge in [-0.1, -0.05) is 39.1 Å². The molecule has 128 valence electrons. The Hall–Kier alpha value is -1.21. The number of fused-ring (bicyclic) bond motifs is 2. The lowest BCUT2D eigenvalue weighted by molar-refractivity contribution is -0.122. The standard InChI is InChI=1S/C17H11BrCl2N2O2S/c1-8-15(23)22(10-3-4-12(19)13(20)7-10)17(25-8)11-6-9(18)2-5-14(11)21-16(17)24/h2-8H,1H3,(H,21,24)/t8-,17+/m0/s1. The van der Waals surface area contributed by atoms with Crippen LogP contribution >= 0.6 is 50.9 Å². The average molecular weight is 458 g/mol. The summed E-state index contributed by atoms with van der Waals surface area (Å²) in [5.74, 6) is -0.388. The summed E-state index contributed by atoms with van der Waals surface area (Å²) in [7, 11) is 0. The van der Waals surface area contributed by atoms with Crippen LogP contribution in [0.2, 0.25) is 10.0 Å². The Morgan fingerprint density at radius 1 is 1.16 bits per heavy atom. The number of amides is 2. The molecule has 2 atom stereocenters. The highest BCUT2D eigenvalue weighted by atomic mass is 79.9. The molecule has 0 unspecified atom stereocenters. The van der Waals surface area contributed by atoms with Gasteiger partial charge in [-0.05, 0) is 43.3 Å². The summed E-state index contributed by atoms with van der Waals surface area (Å²) >= 11 is 16.9. The Labute approximate surface area is 167 Å². The molecule has 2 heterocycles. The van der Waals surface area contributed by atoms with Gasteiger partial charge in [0.25, 0.3) is 5.91 Å². The number of anilines is 2. The van der Waals surface area contributed by atoms with Crippen LogP contribution < -0.4 is 10.2 Å². The number of nitrogens with zero attached hydrogens (tertiary/aromatic N) is 1. The summed E-state index contributed by atoms with van der Waals surface area (Å²) in [6.07, 6.45) is 0. The van der Waals surface area contributed by atoms with E-state index in [0.717, 1.165) is 10.0 Å². The third-order valence-corrected chi connectivity index (χ3v) is 7.01. The highest BCUT2D eigenvalue weighted by Gasteiger charge is 2.61. The fraction of sp³-hybridized carbons (Fsp3) is 0.176. The molecule has 2 aromatic rings. The van der Waals surface area contributed by atoms with E-state index >= 15 is 0 Å². The second kappa shape index (κ2) is 5.91. The van der Waals surface area contributed by atoms with Crippen molar-refractivity contribution < 1.29 is 9.59 Å². The van der Waals surface area contributed by atoms with Crippen LogP contribution in [-0.4, -0.2) is 17.1 Å². The lowest BCUT2D eigenvalue weighted by atomic mass is 10.0. The molecule has 0 saturated carbocycles. The van der Waals surface area contributed by atoms with Crippen LogP contribution in [0.5, 0.6) is 0 Å². The Morgan fingerprint density at radius 2 is 1.92 bits per heavy atom. The molecule has 0 bridgehead atoms. The molecule has 2 aromatic carbocycles. The highest BCUT2D eigenvalue weighted by Crippen LogP contribution is 2.56. The molecule has 4 rings (SSSR count). The number of halogens is 3. The van der Waals surface area contributed by atoms with Crippen molar-refractivity contribution in [2.75, 3.05) is 10.2 Å². The summed E-state index contributed by atoms with van der Waals surface area (Å²) in [5.41, 5.74) is 1.99. The highest BCUT2D eigenvalue weighted by molar-refractivity contribution is 9.10. The summed E-state index contributed by atoms with van der Waals surface area (Å²) in [6.45, 7) is 1.80. The van der Waals surface area contributed by atoms with Crippen LogP contribution in [0.25, 0.3) is 0 Å². The van der Waals surface area contributed by atoms with E-state index in [1.807, 2.05) is 18.2 Å². The van der Waals surface area contributed by atoms with Gasteiger partial charge in [0.05, 0.1) is 15.3 Å². The Kier molecular flexibility index (Phi) is 4.07. The zero-order valence-electron chi connectivity index (χ0n) is 12.8. The van der Waals surface area contributed by atoms with Gasteiger partial charge >= 0.3 is 0 Å². The zero-order valence-corrected chi connectivity index (χ0v) is 16.8. The summed E-state index contributed by atoms with van der Waals surface area (Å²) in [5, 5.41) is 3.25. The van der Waals surface area contributed by atoms with Crippen molar-refractivity contribution in [1.82, 2.24) is 0 Å². The maximum absolute atomic E-state index is 13.0. The minimum absolute atomic E-state index is 0.147. The monoisotopic (exact) mass is 456 g/mol. The molecule has 2 aliphatic heterocycles. The van der Waals surface area contributed by atoms with Gasteiger partial charge in [0.15, 0.2) is 0 Å². The minimum Gasteiger partial charge on any atom is -0.323 e. The predicted molar refractivity (Wildman–Crippen MR) is 105 cm³/mol. The van der Waals surface area contributed by atoms with Crippen molar-refractivity contribution in [2.24, 2.45) is 0 Å². The number of rotatable bonds is 1. The topological polar surface area (TPSA) is 49.4 Å². The zero-order chi connectivity index (χ0) is 17.9. The first-order valence-electron chi connectivity index (χ1n) is 7.43. The van der Waals surface area contributed by atoms with E-state index < -0.39 is 4.87 Å². The minimum atomic E-state index is -1.16. The van der Waals surface area contributed by atoms with Gasteiger partial charge in [0, 0.05) is 21.4 Å². The van der Waals surface area contributed by atoms with Gasteiger partial charge in [-0.25, -0.2) is 0 Å². The summed E-state index contributed by atoms with van der Waals surface area (Å²) in [6, 6.07) is 10.5. The lowest BCUT2D eigenvalue weighted by Gasteiger charge is -2.32. The molecular formula is C17H11BrCl2N2O2S. The average Bonchev–Trinajstić information content (AvgIpc) is 2.98. The number of carbonyl (C=O) groups excluding carboxylic acids is 2. The molecule has 0 aliphatic carbocycles. The van der Waals surface area contributed by atoms with Gasteiger partial charge in [-0.2, -0.15) is 0 Å². The molecule has 1 spiro atoms. The number of hydrogen-bond donors (Lipinski definition) is 1. The van der Waals surface area contributed by atoms with Gasteiger partial charge in [-0.3, -0.25) is 14.5 Å². The second-order valence-electron chi connectivity index (χ2n) is 5.82. The van der Waals surface area contributed by atoms with Crippen LogP contribution in [0, 0.1) is 0 Å². The predicted octanol–water partition coefficient (Wildman–Crippen LogP) is 5.03. The molecule has 25 heavy (non-hydrogen) atoms. The fourth-order valence-corrected chi connectivity index (χ4v) is 5.33. The number of hydrogen-bond acceptors (Lipinski definition) is 3. The maximum Gasteiger partial charge on any atom is 0.266 e. The smallest absolute Gasteiger partial charge is 0.266 e. The van der Waals surface area contributed by atoms with Crippen molar-refractivity contribution in [3.8, 4) is 0 Å². The van der Waals surface area contributed by atoms with Crippen molar-refractivity contribution in [1.29, 1.82) is 0 Å². The third-order valence-electron chi connectivity index (χ3n) is 4.29. The third kappa shape index (κ3) is 2.42. The van der Waals surface area contributed by atoms with E-state index in [1.165, 1.54) is 16.7 Å². The van der Waals surface area contributed by atoms with E-state index in [1.54, 1.807) is 25.1 Å². The summed E-state index contributed by atoms with van der Waals surface area (Å²) in [4.78, 5) is 26.3. The van der Waals surface area contributed by atoms with Crippen molar-refractivity contribution in [2.45, 2.75) is 17.0 Å². The quantitative estimate of drug-likeness (QED) is 0.653. The van der Waals surface area contributed by atoms with Crippen molar-refractivity contribution in [3.05, 3.63) is 56.5 Å². The van der Waals surface area contributed by atoms with E-state index in [4.69, 9.17) is 23.2 Å². The first-order valence-corrected chi connectivity index (χ1v) is 9.86. The Balaban J connectivity index is 1.96. The number of benzene rings is 2. The molecule has 2 aliphatic rings. The van der Waals surface area contributed by atoms with E-state index in [9.17, 15) is 9.59 Å². The number of carbonyl (C=O) groups is 2. The normalized spacial score (nSPS) is 24.8. The first-order chi connectivity index (χ1) is 11.8. The van der Waals surface area contributed by atoms with E-state index in [2.05, 4.69) is 21.2 Å². The molecule has 8 heteroatoms. The van der Waals surface area contributed by atoms with Crippen LogP contribution in [-0.2, 0) is 14.5 Å². The largest absolute Gasteiger partial charge is 0.323 e. The second-order valence-corrected chi connectivity index (χ2v) is 9.08. The maximum atomic E-state index is 13.0. The van der Waals surface area contributed by atoms with Gasteiger partial charge in [0.2, 0.25) is 10.8 Å². The molecule has 1 fully saturated rings. The first kappa shape index (κ1) is 17.2. The van der Waals surface area contributed by atoms with Gasteiger partial charge < -0.3 is 5.32 Å². The lowest BCUT2D eigenvalue weighted by Crippen LogP contribution is -2.47. The van der Waals surface area contributed by atoms with Gasteiger partial charge in [0.1, 0.15) is 0 Å². The van der Waals surface area contributed by atoms with Crippen LogP contribution in [0.1, 0.15) is 12.5 Å². The van der Waals surface area contributed by atoms with Crippen LogP contribution in [0.15, 0.2) is 40.9 Å². The SMILES string of the molecule is C[C@@H]1S[C@]2(C(=O)Nc3ccc(Br)cc32)N(c2ccc(Cl)c(Cl)c2)C1=O. The van der Waals surface area contributed by atoms with E-state index in [-0.39, 0.29) is 17.1 Å². The van der Waals surface area contributed by atoms with E-state index in [0.29, 0.717) is 21.4 Å². The summed E-state index contributed by atoms with van der Waals surface area (Å²) < 4.78 is 0.837. The van der Waals surface area contributed by atoms with Crippen molar-refractivity contribution >= 4 is 74.1 Å². The molecule has 1 saturated heterocycles. The van der Waals surface area contributed by atoms with Crippen LogP contribution in [0.3, 0.4) is 0 Å². The molecule has 0 aromatic heterocycles. The molecular weight excluding hydrogens is 447 g/mol. The number of nitrogens with one attached hydrogen (secondary N) is 1. The van der Waals surface area contributed by atoms with Gasteiger partial charge in [-0.15, -0.1) is 11.8 Å². The van der Waals surface area contributed by atoms with Crippen LogP contribution in [0.4, 0.5) is 11.4 Å². The Bertz CT molecular complexity index is 939. The fourth-order valence-electron chi connectivity index (χ4n) is 3.20. The Morgan fingerprint density at radius 3 is 2.64 bits per heavy atom. The van der Waals surface area contributed by atoms with Crippen molar-refractivity contribution in [3.63, 3.8) is 0 Å². The molecule has 0 radical (unpaired) electrons.